The molecule has 0 aromatic heterocycles. The van der Waals surface area contributed by atoms with Crippen molar-refractivity contribution in [2.45, 2.75) is 45.6 Å². The van der Waals surface area contributed by atoms with Gasteiger partial charge in [-0.3, -0.25) is 0 Å². The minimum absolute atomic E-state index is 0.538. The maximum absolute atomic E-state index is 6.00. The van der Waals surface area contributed by atoms with E-state index in [1.54, 1.807) is 7.11 Å². The molecule has 0 spiro atoms. The standard InChI is InChI=1S/C14H22ClNO/c1-4-6-11(7-5-2)16-12-8-9-13(15)14(10-12)17-3/h8-11,16H,4-7H2,1-3H3. The number of halogens is 1. The van der Waals surface area contributed by atoms with Crippen molar-refractivity contribution in [2.24, 2.45) is 0 Å². The van der Waals surface area contributed by atoms with Gasteiger partial charge in [-0.2, -0.15) is 0 Å². The minimum Gasteiger partial charge on any atom is -0.495 e. The lowest BCUT2D eigenvalue weighted by Crippen LogP contribution is -2.18. The second-order valence-electron chi connectivity index (χ2n) is 4.27. The first kappa shape index (κ1) is 14.2. The molecule has 0 fully saturated rings. The van der Waals surface area contributed by atoms with E-state index in [4.69, 9.17) is 16.3 Å². The van der Waals surface area contributed by atoms with Crippen molar-refractivity contribution in [3.8, 4) is 5.75 Å². The highest BCUT2D eigenvalue weighted by atomic mass is 35.5. The van der Waals surface area contributed by atoms with Crippen molar-refractivity contribution in [3.05, 3.63) is 23.2 Å². The van der Waals surface area contributed by atoms with Gasteiger partial charge in [0.1, 0.15) is 5.75 Å². The molecule has 0 atom stereocenters. The van der Waals surface area contributed by atoms with Gasteiger partial charge < -0.3 is 10.1 Å². The van der Waals surface area contributed by atoms with Crippen LogP contribution in [0.25, 0.3) is 0 Å². The van der Waals surface area contributed by atoms with Crippen LogP contribution >= 0.6 is 11.6 Å². The van der Waals surface area contributed by atoms with Crippen LogP contribution in [0, 0.1) is 0 Å². The van der Waals surface area contributed by atoms with Crippen molar-refractivity contribution in [1.82, 2.24) is 0 Å². The van der Waals surface area contributed by atoms with Crippen LogP contribution in [0.1, 0.15) is 39.5 Å². The van der Waals surface area contributed by atoms with E-state index in [2.05, 4.69) is 19.2 Å². The third-order valence-corrected chi connectivity index (χ3v) is 3.11. The first-order valence-electron chi connectivity index (χ1n) is 6.31. The molecule has 96 valence electrons. The zero-order chi connectivity index (χ0) is 12.7. The summed E-state index contributed by atoms with van der Waals surface area (Å²) < 4.78 is 5.22. The Labute approximate surface area is 109 Å². The average molecular weight is 256 g/mol. The van der Waals surface area contributed by atoms with E-state index in [-0.39, 0.29) is 0 Å². The summed E-state index contributed by atoms with van der Waals surface area (Å²) in [6.45, 7) is 4.43. The van der Waals surface area contributed by atoms with Crippen LogP contribution < -0.4 is 10.1 Å². The van der Waals surface area contributed by atoms with Crippen molar-refractivity contribution >= 4 is 17.3 Å². The normalized spacial score (nSPS) is 10.6. The van der Waals surface area contributed by atoms with Gasteiger partial charge in [0.15, 0.2) is 0 Å². The van der Waals surface area contributed by atoms with Gasteiger partial charge in [0, 0.05) is 17.8 Å². The van der Waals surface area contributed by atoms with Gasteiger partial charge in [-0.25, -0.2) is 0 Å². The zero-order valence-corrected chi connectivity index (χ0v) is 11.7. The van der Waals surface area contributed by atoms with Crippen LogP contribution in [0.15, 0.2) is 18.2 Å². The molecule has 0 amide bonds. The first-order chi connectivity index (χ1) is 8.21. The molecule has 0 heterocycles. The molecule has 0 radical (unpaired) electrons. The largest absolute Gasteiger partial charge is 0.495 e. The van der Waals surface area contributed by atoms with E-state index < -0.39 is 0 Å². The molecule has 0 bridgehead atoms. The summed E-state index contributed by atoms with van der Waals surface area (Å²) in [5.74, 6) is 0.725. The number of hydrogen-bond acceptors (Lipinski definition) is 2. The molecule has 0 aliphatic rings. The predicted octanol–water partition coefficient (Wildman–Crippen LogP) is 4.73. The number of hydrogen-bond donors (Lipinski definition) is 1. The van der Waals surface area contributed by atoms with Gasteiger partial charge in [0.05, 0.1) is 12.1 Å². The molecule has 3 heteroatoms. The second kappa shape index (κ2) is 7.44. The quantitative estimate of drug-likeness (QED) is 0.761. The molecule has 1 rings (SSSR count). The average Bonchev–Trinajstić information content (AvgIpc) is 2.32. The highest BCUT2D eigenvalue weighted by Gasteiger charge is 2.08. The van der Waals surface area contributed by atoms with Gasteiger partial charge in [-0.15, -0.1) is 0 Å². The molecule has 0 aliphatic heterocycles. The fraction of sp³-hybridized carbons (Fsp3) is 0.571. The number of rotatable bonds is 7. The van der Waals surface area contributed by atoms with E-state index in [0.717, 1.165) is 11.4 Å². The summed E-state index contributed by atoms with van der Waals surface area (Å²) in [4.78, 5) is 0. The smallest absolute Gasteiger partial charge is 0.139 e. The minimum atomic E-state index is 0.538. The van der Waals surface area contributed by atoms with Crippen molar-refractivity contribution in [3.63, 3.8) is 0 Å². The molecule has 1 aromatic carbocycles. The molecule has 0 saturated heterocycles. The highest BCUT2D eigenvalue weighted by molar-refractivity contribution is 6.32. The van der Waals surface area contributed by atoms with Crippen molar-refractivity contribution in [1.29, 1.82) is 0 Å². The summed E-state index contributed by atoms with van der Waals surface area (Å²) in [5.41, 5.74) is 1.08. The Balaban J connectivity index is 2.71. The Morgan fingerprint density at radius 3 is 2.41 bits per heavy atom. The number of anilines is 1. The van der Waals surface area contributed by atoms with E-state index in [0.29, 0.717) is 11.1 Å². The summed E-state index contributed by atoms with van der Waals surface area (Å²) in [6.07, 6.45) is 4.78. The number of nitrogens with one attached hydrogen (secondary N) is 1. The lowest BCUT2D eigenvalue weighted by Gasteiger charge is -2.19. The molecule has 0 unspecified atom stereocenters. The molecule has 17 heavy (non-hydrogen) atoms. The van der Waals surface area contributed by atoms with Gasteiger partial charge in [0.2, 0.25) is 0 Å². The Hall–Kier alpha value is -0.890. The van der Waals surface area contributed by atoms with Crippen molar-refractivity contribution in [2.75, 3.05) is 12.4 Å². The van der Waals surface area contributed by atoms with Crippen molar-refractivity contribution < 1.29 is 4.74 Å². The third kappa shape index (κ3) is 4.47. The van der Waals surface area contributed by atoms with Gasteiger partial charge >= 0.3 is 0 Å². The zero-order valence-electron chi connectivity index (χ0n) is 10.9. The number of benzene rings is 1. The first-order valence-corrected chi connectivity index (χ1v) is 6.69. The molecule has 0 aliphatic carbocycles. The summed E-state index contributed by atoms with van der Waals surface area (Å²) >= 11 is 6.00. The van der Waals surface area contributed by atoms with Crippen LogP contribution in [0.5, 0.6) is 5.75 Å². The highest BCUT2D eigenvalue weighted by Crippen LogP contribution is 2.28. The fourth-order valence-electron chi connectivity index (χ4n) is 1.97. The van der Waals surface area contributed by atoms with Crippen LogP contribution in [-0.2, 0) is 0 Å². The maximum atomic E-state index is 6.00. The van der Waals surface area contributed by atoms with E-state index in [9.17, 15) is 0 Å². The van der Waals surface area contributed by atoms with Gasteiger partial charge in [-0.1, -0.05) is 38.3 Å². The Bertz CT molecular complexity index is 335. The molecule has 1 aromatic rings. The van der Waals surface area contributed by atoms with E-state index in [1.807, 2.05) is 18.2 Å². The predicted molar refractivity (Wildman–Crippen MR) is 75.2 cm³/mol. The van der Waals surface area contributed by atoms with E-state index in [1.165, 1.54) is 25.7 Å². The van der Waals surface area contributed by atoms with E-state index >= 15 is 0 Å². The molecule has 1 N–H and O–H groups in total. The van der Waals surface area contributed by atoms with Gasteiger partial charge in [0.25, 0.3) is 0 Å². The Kier molecular flexibility index (Phi) is 6.20. The Morgan fingerprint density at radius 2 is 1.88 bits per heavy atom. The van der Waals surface area contributed by atoms with Crippen LogP contribution in [0.4, 0.5) is 5.69 Å². The summed E-state index contributed by atoms with van der Waals surface area (Å²) in [5, 5.41) is 4.20. The molecular weight excluding hydrogens is 234 g/mol. The van der Waals surface area contributed by atoms with Crippen LogP contribution in [-0.4, -0.2) is 13.2 Å². The molecular formula is C14H22ClNO. The SMILES string of the molecule is CCCC(CCC)Nc1ccc(Cl)c(OC)c1. The Morgan fingerprint density at radius 1 is 1.24 bits per heavy atom. The molecule has 2 nitrogen and oxygen atoms in total. The van der Waals surface area contributed by atoms with Crippen LogP contribution in [0.2, 0.25) is 5.02 Å². The fourth-order valence-corrected chi connectivity index (χ4v) is 2.17. The lowest BCUT2D eigenvalue weighted by molar-refractivity contribution is 0.415. The lowest BCUT2D eigenvalue weighted by atomic mass is 10.1. The maximum Gasteiger partial charge on any atom is 0.139 e. The molecule has 0 saturated carbocycles. The summed E-state index contributed by atoms with van der Waals surface area (Å²) in [6, 6.07) is 6.37. The monoisotopic (exact) mass is 255 g/mol. The van der Waals surface area contributed by atoms with Gasteiger partial charge in [-0.05, 0) is 25.0 Å². The second-order valence-corrected chi connectivity index (χ2v) is 4.68. The topological polar surface area (TPSA) is 21.3 Å². The number of methoxy groups -OCH3 is 1. The summed E-state index contributed by atoms with van der Waals surface area (Å²) in [7, 11) is 1.64. The van der Waals surface area contributed by atoms with Crippen LogP contribution in [0.3, 0.4) is 0 Å². The third-order valence-electron chi connectivity index (χ3n) is 2.80. The number of ether oxygens (including phenoxy) is 1.